The first-order valence-electron chi connectivity index (χ1n) is 11.6. The van der Waals surface area contributed by atoms with E-state index in [2.05, 4.69) is 20.2 Å². The molecule has 1 saturated heterocycles. The highest BCUT2D eigenvalue weighted by molar-refractivity contribution is 6.06. The monoisotopic (exact) mass is 513 g/mol. The van der Waals surface area contributed by atoms with Gasteiger partial charge in [0.25, 0.3) is 5.91 Å². The van der Waals surface area contributed by atoms with E-state index < -0.39 is 23.5 Å². The van der Waals surface area contributed by atoms with Crippen LogP contribution in [-0.4, -0.2) is 46.7 Å². The minimum Gasteiger partial charge on any atom is -0.380 e. The van der Waals surface area contributed by atoms with Crippen LogP contribution in [0, 0.1) is 5.82 Å². The number of benzene rings is 1. The molecule has 1 aromatic carbocycles. The molecule has 192 valence electrons. The Morgan fingerprint density at radius 3 is 2.65 bits per heavy atom. The van der Waals surface area contributed by atoms with E-state index in [0.717, 1.165) is 37.6 Å². The van der Waals surface area contributed by atoms with Crippen LogP contribution in [0.2, 0.25) is 0 Å². The van der Waals surface area contributed by atoms with E-state index in [1.165, 1.54) is 35.0 Å². The third-order valence-electron chi connectivity index (χ3n) is 6.33. The second kappa shape index (κ2) is 9.81. The summed E-state index contributed by atoms with van der Waals surface area (Å²) in [4.78, 5) is 23.8. The van der Waals surface area contributed by atoms with Gasteiger partial charge in [0.2, 0.25) is 0 Å². The number of hydrogen-bond acceptors (Lipinski definition) is 5. The van der Waals surface area contributed by atoms with E-state index in [0.29, 0.717) is 11.3 Å². The molecule has 1 unspecified atom stereocenters. The molecule has 11 heteroatoms. The Morgan fingerprint density at radius 2 is 1.97 bits per heavy atom. The summed E-state index contributed by atoms with van der Waals surface area (Å²) in [5, 5.41) is 2.89. The lowest BCUT2D eigenvalue weighted by molar-refractivity contribution is -0.137. The molecule has 4 aromatic rings. The number of nitrogens with one attached hydrogen (secondary N) is 1. The summed E-state index contributed by atoms with van der Waals surface area (Å²) in [6, 6.07) is 11.6. The molecule has 1 fully saturated rings. The Bertz CT molecular complexity index is 1440. The smallest absolute Gasteiger partial charge is 0.380 e. The predicted octanol–water partition coefficient (Wildman–Crippen LogP) is 5.11. The van der Waals surface area contributed by atoms with Crippen LogP contribution in [0.25, 0.3) is 11.0 Å². The van der Waals surface area contributed by atoms with Gasteiger partial charge in [0.15, 0.2) is 0 Å². The van der Waals surface area contributed by atoms with Crippen molar-refractivity contribution in [3.05, 3.63) is 83.6 Å². The van der Waals surface area contributed by atoms with Crippen LogP contribution in [0.1, 0.15) is 28.0 Å². The molecule has 0 spiro atoms. The highest BCUT2D eigenvalue weighted by Gasteiger charge is 2.32. The van der Waals surface area contributed by atoms with E-state index in [9.17, 15) is 22.4 Å². The van der Waals surface area contributed by atoms with Crippen molar-refractivity contribution >= 4 is 28.4 Å². The zero-order chi connectivity index (χ0) is 26.2. The predicted molar refractivity (Wildman–Crippen MR) is 130 cm³/mol. The summed E-state index contributed by atoms with van der Waals surface area (Å²) in [7, 11) is 1.67. The van der Waals surface area contributed by atoms with E-state index in [1.54, 1.807) is 25.3 Å². The number of anilines is 2. The highest BCUT2D eigenvalue weighted by Crippen LogP contribution is 2.32. The fraction of sp³-hybridized carbons (Fsp3) is 0.269. The number of pyridine rings is 2. The SMILES string of the molecule is COC1CCN(c2ccc(NC(=O)c3cc4cc(C(F)(F)F)cnc4n3Cc3cccc(F)c3)cn2)C1. The Balaban J connectivity index is 1.44. The molecule has 37 heavy (non-hydrogen) atoms. The molecule has 0 aliphatic carbocycles. The molecule has 5 rings (SSSR count). The largest absolute Gasteiger partial charge is 0.417 e. The Labute approximate surface area is 209 Å². The van der Waals surface area contributed by atoms with Crippen LogP contribution in [0.5, 0.6) is 0 Å². The zero-order valence-corrected chi connectivity index (χ0v) is 19.8. The van der Waals surface area contributed by atoms with Crippen molar-refractivity contribution in [1.82, 2.24) is 14.5 Å². The van der Waals surface area contributed by atoms with Gasteiger partial charge in [-0.15, -0.1) is 0 Å². The summed E-state index contributed by atoms with van der Waals surface area (Å²) in [5.74, 6) is -0.270. The van der Waals surface area contributed by atoms with Gasteiger partial charge in [0.05, 0.1) is 23.6 Å². The molecule has 7 nitrogen and oxygen atoms in total. The third kappa shape index (κ3) is 5.26. The van der Waals surface area contributed by atoms with Gasteiger partial charge in [0.1, 0.15) is 23.0 Å². The van der Waals surface area contributed by atoms with E-state index >= 15 is 0 Å². The van der Waals surface area contributed by atoms with Gasteiger partial charge in [-0.05, 0) is 48.4 Å². The van der Waals surface area contributed by atoms with Gasteiger partial charge in [-0.1, -0.05) is 12.1 Å². The van der Waals surface area contributed by atoms with Crippen molar-refractivity contribution in [3.63, 3.8) is 0 Å². The van der Waals surface area contributed by atoms with Crippen molar-refractivity contribution in [2.45, 2.75) is 25.2 Å². The molecule has 1 aliphatic heterocycles. The lowest BCUT2D eigenvalue weighted by Gasteiger charge is -2.17. The van der Waals surface area contributed by atoms with Gasteiger partial charge in [-0.2, -0.15) is 13.2 Å². The van der Waals surface area contributed by atoms with Gasteiger partial charge < -0.3 is 19.5 Å². The lowest BCUT2D eigenvalue weighted by Crippen LogP contribution is -2.23. The normalized spacial score (nSPS) is 15.9. The van der Waals surface area contributed by atoms with Gasteiger partial charge in [0, 0.05) is 38.3 Å². The quantitative estimate of drug-likeness (QED) is 0.363. The average molecular weight is 513 g/mol. The molecule has 1 N–H and O–H groups in total. The van der Waals surface area contributed by atoms with Crippen molar-refractivity contribution in [3.8, 4) is 0 Å². The maximum absolute atomic E-state index is 13.8. The lowest BCUT2D eigenvalue weighted by atomic mass is 10.2. The summed E-state index contributed by atoms with van der Waals surface area (Å²) < 4.78 is 60.4. The first-order chi connectivity index (χ1) is 17.7. The van der Waals surface area contributed by atoms with Crippen molar-refractivity contribution in [1.29, 1.82) is 0 Å². The van der Waals surface area contributed by atoms with Crippen LogP contribution in [0.4, 0.5) is 29.1 Å². The van der Waals surface area contributed by atoms with Crippen LogP contribution in [0.3, 0.4) is 0 Å². The molecule has 1 amide bonds. The third-order valence-corrected chi connectivity index (χ3v) is 6.33. The summed E-state index contributed by atoms with van der Waals surface area (Å²) in [6.07, 6.45) is -1.29. The Hall–Kier alpha value is -3.99. The first-order valence-corrected chi connectivity index (χ1v) is 11.6. The minimum atomic E-state index is -4.58. The summed E-state index contributed by atoms with van der Waals surface area (Å²) in [6.45, 7) is 1.57. The van der Waals surface area contributed by atoms with Crippen molar-refractivity contribution in [2.24, 2.45) is 0 Å². The number of rotatable bonds is 6. The second-order valence-corrected chi connectivity index (χ2v) is 8.83. The molecular weight excluding hydrogens is 490 g/mol. The molecule has 1 atom stereocenters. The van der Waals surface area contributed by atoms with E-state index in [4.69, 9.17) is 4.74 Å². The summed E-state index contributed by atoms with van der Waals surface area (Å²) in [5.41, 5.74) is 0.282. The highest BCUT2D eigenvalue weighted by atomic mass is 19.4. The van der Waals surface area contributed by atoms with Gasteiger partial charge >= 0.3 is 6.18 Å². The molecule has 0 saturated carbocycles. The fourth-order valence-electron chi connectivity index (χ4n) is 4.44. The standard InChI is InChI=1S/C26H23F4N5O2/c1-37-21-7-8-34(15-21)23-6-5-20(13-31-23)33-25(36)22-11-17-10-18(26(28,29)30)12-32-24(17)35(22)14-16-3-2-4-19(27)9-16/h2-6,9-13,21H,7-8,14-15H2,1H3,(H,33,36). The zero-order valence-electron chi connectivity index (χ0n) is 19.8. The number of hydrogen-bond donors (Lipinski definition) is 1. The van der Waals surface area contributed by atoms with Gasteiger partial charge in [-0.25, -0.2) is 14.4 Å². The van der Waals surface area contributed by atoms with Crippen LogP contribution in [-0.2, 0) is 17.5 Å². The molecule has 3 aromatic heterocycles. The molecule has 0 bridgehead atoms. The molecule has 4 heterocycles. The number of aromatic nitrogens is 3. The minimum absolute atomic E-state index is 0.0369. The maximum atomic E-state index is 13.8. The molecule has 1 aliphatic rings. The van der Waals surface area contributed by atoms with Crippen LogP contribution < -0.4 is 10.2 Å². The number of halogens is 4. The number of ether oxygens (including phenoxy) is 1. The first kappa shape index (κ1) is 24.7. The van der Waals surface area contributed by atoms with E-state index in [-0.39, 0.29) is 29.4 Å². The number of methoxy groups -OCH3 is 1. The van der Waals surface area contributed by atoms with Crippen LogP contribution >= 0.6 is 0 Å². The number of carbonyl (C=O) groups is 1. The number of amides is 1. The summed E-state index contributed by atoms with van der Waals surface area (Å²) >= 11 is 0. The second-order valence-electron chi connectivity index (χ2n) is 8.83. The molecule has 0 radical (unpaired) electrons. The number of nitrogens with zero attached hydrogens (tertiary/aromatic N) is 4. The maximum Gasteiger partial charge on any atom is 0.417 e. The Kier molecular flexibility index (Phi) is 6.55. The van der Waals surface area contributed by atoms with Gasteiger partial charge in [-0.3, -0.25) is 4.79 Å². The Morgan fingerprint density at radius 1 is 1.14 bits per heavy atom. The number of fused-ring (bicyclic) bond motifs is 1. The van der Waals surface area contributed by atoms with E-state index in [1.807, 2.05) is 0 Å². The number of carbonyl (C=O) groups excluding carboxylic acids is 1. The average Bonchev–Trinajstić information content (AvgIpc) is 3.49. The number of alkyl halides is 3. The molecular formula is C26H23F4N5O2. The van der Waals surface area contributed by atoms with Crippen molar-refractivity contribution < 1.29 is 27.1 Å². The topological polar surface area (TPSA) is 72.3 Å². The van der Waals surface area contributed by atoms with Crippen LogP contribution in [0.15, 0.2) is 60.9 Å². The fourth-order valence-corrected chi connectivity index (χ4v) is 4.44. The van der Waals surface area contributed by atoms with Crippen molar-refractivity contribution in [2.75, 3.05) is 30.4 Å².